The van der Waals surface area contributed by atoms with Crippen molar-refractivity contribution >= 4 is 11.0 Å². The monoisotopic (exact) mass is 334 g/mol. The highest BCUT2D eigenvalue weighted by Crippen LogP contribution is 2.34. The zero-order valence-corrected chi connectivity index (χ0v) is 14.7. The Labute approximate surface area is 147 Å². The van der Waals surface area contributed by atoms with Gasteiger partial charge in [-0.3, -0.25) is 0 Å². The summed E-state index contributed by atoms with van der Waals surface area (Å²) in [5.41, 5.74) is 5.82. The molecule has 1 aromatic heterocycles. The molecule has 128 valence electrons. The summed E-state index contributed by atoms with van der Waals surface area (Å²) < 4.78 is 11.8. The molecule has 1 heterocycles. The molecule has 0 N–H and O–H groups in total. The van der Waals surface area contributed by atoms with Crippen LogP contribution in [0.15, 0.2) is 45.6 Å². The first kappa shape index (κ1) is 15.9. The van der Waals surface area contributed by atoms with Crippen LogP contribution in [-0.4, -0.2) is 0 Å². The fourth-order valence-electron chi connectivity index (χ4n) is 3.63. The van der Waals surface area contributed by atoms with E-state index in [1.54, 1.807) is 0 Å². The minimum atomic E-state index is -0.183. The molecule has 0 radical (unpaired) electrons. The van der Waals surface area contributed by atoms with Crippen molar-refractivity contribution < 1.29 is 9.15 Å². The van der Waals surface area contributed by atoms with E-state index in [9.17, 15) is 4.79 Å². The predicted molar refractivity (Wildman–Crippen MR) is 99.4 cm³/mol. The summed E-state index contributed by atoms with van der Waals surface area (Å²) in [6, 6.07) is 12.3. The van der Waals surface area contributed by atoms with Crippen molar-refractivity contribution in [1.82, 2.24) is 0 Å². The first-order valence-electron chi connectivity index (χ1n) is 8.89. The van der Waals surface area contributed by atoms with Gasteiger partial charge in [-0.05, 0) is 68.4 Å². The van der Waals surface area contributed by atoms with Crippen molar-refractivity contribution in [2.24, 2.45) is 0 Å². The van der Waals surface area contributed by atoms with Crippen LogP contribution in [0.2, 0.25) is 0 Å². The maximum absolute atomic E-state index is 12.3. The van der Waals surface area contributed by atoms with E-state index in [-0.39, 0.29) is 5.63 Å². The summed E-state index contributed by atoms with van der Waals surface area (Å²) in [7, 11) is 0. The fraction of sp³-hybridized carbons (Fsp3) is 0.318. The first-order valence-corrected chi connectivity index (χ1v) is 8.89. The van der Waals surface area contributed by atoms with Crippen molar-refractivity contribution in [3.8, 4) is 5.75 Å². The zero-order valence-electron chi connectivity index (χ0n) is 14.7. The molecular formula is C22H22O3. The molecule has 0 amide bonds. The minimum absolute atomic E-state index is 0.183. The summed E-state index contributed by atoms with van der Waals surface area (Å²) in [6.07, 6.45) is 3.88. The molecule has 0 aliphatic heterocycles. The Bertz CT molecular complexity index is 981. The lowest BCUT2D eigenvalue weighted by atomic mass is 9.90. The molecule has 0 atom stereocenters. The lowest BCUT2D eigenvalue weighted by Crippen LogP contribution is -2.16. The van der Waals surface area contributed by atoms with Crippen LogP contribution in [0.4, 0.5) is 0 Å². The van der Waals surface area contributed by atoms with Gasteiger partial charge in [0.15, 0.2) is 0 Å². The highest BCUT2D eigenvalue weighted by atomic mass is 16.5. The summed E-state index contributed by atoms with van der Waals surface area (Å²) in [6.45, 7) is 4.58. The van der Waals surface area contributed by atoms with Crippen LogP contribution < -0.4 is 10.4 Å². The Morgan fingerprint density at radius 1 is 0.960 bits per heavy atom. The van der Waals surface area contributed by atoms with E-state index in [1.807, 2.05) is 19.1 Å². The second-order valence-corrected chi connectivity index (χ2v) is 6.96. The van der Waals surface area contributed by atoms with Crippen molar-refractivity contribution in [3.05, 3.63) is 74.6 Å². The van der Waals surface area contributed by atoms with Crippen LogP contribution in [0.1, 0.15) is 40.7 Å². The average Bonchev–Trinajstić information content (AvgIpc) is 2.61. The highest BCUT2D eigenvalue weighted by molar-refractivity contribution is 5.88. The molecule has 3 heteroatoms. The van der Waals surface area contributed by atoms with Gasteiger partial charge in [0.05, 0.1) is 5.39 Å². The van der Waals surface area contributed by atoms with Gasteiger partial charge in [0.1, 0.15) is 17.9 Å². The van der Waals surface area contributed by atoms with Crippen molar-refractivity contribution in [3.63, 3.8) is 0 Å². The third-order valence-electron chi connectivity index (χ3n) is 4.94. The van der Waals surface area contributed by atoms with Crippen LogP contribution in [0, 0.1) is 13.8 Å². The number of hydrogen-bond donors (Lipinski definition) is 0. The predicted octanol–water partition coefficient (Wildman–Crippen LogP) is 4.87. The van der Waals surface area contributed by atoms with Crippen molar-refractivity contribution in [2.45, 2.75) is 46.1 Å². The third-order valence-corrected chi connectivity index (χ3v) is 4.94. The largest absolute Gasteiger partial charge is 0.488 e. The molecule has 0 saturated heterocycles. The second kappa shape index (κ2) is 6.40. The lowest BCUT2D eigenvalue weighted by molar-refractivity contribution is 0.309. The normalized spacial score (nSPS) is 13.7. The summed E-state index contributed by atoms with van der Waals surface area (Å²) in [5, 5.41) is 0.979. The summed E-state index contributed by atoms with van der Waals surface area (Å²) in [5.74, 6) is 0.817. The SMILES string of the molecule is Cc1ccc(COc2cc(C)cc3oc(=O)c4c(c23)CCCC4)cc1. The van der Waals surface area contributed by atoms with Gasteiger partial charge < -0.3 is 9.15 Å². The molecule has 0 unspecified atom stereocenters. The number of benzene rings is 2. The summed E-state index contributed by atoms with van der Waals surface area (Å²) >= 11 is 0. The van der Waals surface area contributed by atoms with Crippen molar-refractivity contribution in [2.75, 3.05) is 0 Å². The van der Waals surface area contributed by atoms with Gasteiger partial charge in [-0.25, -0.2) is 4.79 Å². The van der Waals surface area contributed by atoms with Gasteiger partial charge in [0.2, 0.25) is 0 Å². The number of rotatable bonds is 3. The Morgan fingerprint density at radius 3 is 2.44 bits per heavy atom. The van der Waals surface area contributed by atoms with E-state index < -0.39 is 0 Å². The van der Waals surface area contributed by atoms with Gasteiger partial charge >= 0.3 is 5.63 Å². The summed E-state index contributed by atoms with van der Waals surface area (Å²) in [4.78, 5) is 12.3. The molecule has 0 saturated carbocycles. The molecule has 4 rings (SSSR count). The van der Waals surface area contributed by atoms with Crippen LogP contribution in [0.25, 0.3) is 11.0 Å². The Hall–Kier alpha value is -2.55. The van der Waals surface area contributed by atoms with Gasteiger partial charge in [-0.2, -0.15) is 0 Å². The molecule has 25 heavy (non-hydrogen) atoms. The number of aryl methyl sites for hydroxylation is 3. The van der Waals surface area contributed by atoms with E-state index in [4.69, 9.17) is 9.15 Å². The van der Waals surface area contributed by atoms with E-state index in [2.05, 4.69) is 31.2 Å². The molecule has 2 aromatic carbocycles. The molecule has 3 nitrogen and oxygen atoms in total. The Balaban J connectivity index is 1.79. The Kier molecular flexibility index (Phi) is 4.08. The first-order chi connectivity index (χ1) is 12.1. The number of fused-ring (bicyclic) bond motifs is 3. The van der Waals surface area contributed by atoms with Gasteiger partial charge in [0.25, 0.3) is 0 Å². The zero-order chi connectivity index (χ0) is 17.4. The highest BCUT2D eigenvalue weighted by Gasteiger charge is 2.21. The minimum Gasteiger partial charge on any atom is -0.488 e. The van der Waals surface area contributed by atoms with Gasteiger partial charge in [0, 0.05) is 5.56 Å². The van der Waals surface area contributed by atoms with Gasteiger partial charge in [-0.1, -0.05) is 29.8 Å². The van der Waals surface area contributed by atoms with Crippen LogP contribution in [0.5, 0.6) is 5.75 Å². The molecule has 1 aliphatic rings. The van der Waals surface area contributed by atoms with Crippen LogP contribution in [0.3, 0.4) is 0 Å². The van der Waals surface area contributed by atoms with E-state index in [0.29, 0.717) is 12.2 Å². The smallest absolute Gasteiger partial charge is 0.339 e. The molecule has 0 spiro atoms. The lowest BCUT2D eigenvalue weighted by Gasteiger charge is -2.19. The van der Waals surface area contributed by atoms with Crippen LogP contribution >= 0.6 is 0 Å². The fourth-order valence-corrected chi connectivity index (χ4v) is 3.63. The molecular weight excluding hydrogens is 312 g/mol. The molecule has 3 aromatic rings. The number of hydrogen-bond acceptors (Lipinski definition) is 3. The number of ether oxygens (including phenoxy) is 1. The average molecular weight is 334 g/mol. The molecule has 0 bridgehead atoms. The van der Waals surface area contributed by atoms with Gasteiger partial charge in [-0.15, -0.1) is 0 Å². The third kappa shape index (κ3) is 3.07. The quantitative estimate of drug-likeness (QED) is 0.642. The molecule has 0 fully saturated rings. The second-order valence-electron chi connectivity index (χ2n) is 6.96. The van der Waals surface area contributed by atoms with Crippen LogP contribution in [-0.2, 0) is 19.4 Å². The van der Waals surface area contributed by atoms with Crippen molar-refractivity contribution in [1.29, 1.82) is 0 Å². The van der Waals surface area contributed by atoms with E-state index in [0.717, 1.165) is 59.1 Å². The Morgan fingerprint density at radius 2 is 1.68 bits per heavy atom. The standard InChI is InChI=1S/C22H22O3/c1-14-7-9-16(10-8-14)13-24-19-11-15(2)12-20-21(19)17-5-3-4-6-18(17)22(23)25-20/h7-12H,3-6,13H2,1-2H3. The maximum Gasteiger partial charge on any atom is 0.339 e. The topological polar surface area (TPSA) is 39.4 Å². The maximum atomic E-state index is 12.3. The molecule has 1 aliphatic carbocycles. The van der Waals surface area contributed by atoms with E-state index in [1.165, 1.54) is 5.56 Å². The van der Waals surface area contributed by atoms with E-state index >= 15 is 0 Å².